The Morgan fingerprint density at radius 2 is 1.83 bits per heavy atom. The van der Waals surface area contributed by atoms with Crippen LogP contribution in [0, 0.1) is 0 Å². The van der Waals surface area contributed by atoms with Gasteiger partial charge in [-0.05, 0) is 48.4 Å². The Labute approximate surface area is 213 Å². The fourth-order valence-electron chi connectivity index (χ4n) is 4.94. The van der Waals surface area contributed by atoms with Gasteiger partial charge in [0.05, 0.1) is 34.9 Å². The van der Waals surface area contributed by atoms with Crippen LogP contribution in [0.5, 0.6) is 5.75 Å². The van der Waals surface area contributed by atoms with E-state index < -0.39 is 17.7 Å². The molecule has 0 saturated carbocycles. The van der Waals surface area contributed by atoms with E-state index in [0.717, 1.165) is 24.4 Å². The van der Waals surface area contributed by atoms with Gasteiger partial charge < -0.3 is 19.5 Å². The van der Waals surface area contributed by atoms with E-state index in [-0.39, 0.29) is 17.4 Å². The molecule has 0 bridgehead atoms. The van der Waals surface area contributed by atoms with Crippen molar-refractivity contribution in [2.75, 3.05) is 39.4 Å². The number of halogens is 2. The van der Waals surface area contributed by atoms with Gasteiger partial charge in [-0.15, -0.1) is 0 Å². The Morgan fingerprint density at radius 1 is 1.06 bits per heavy atom. The molecule has 7 nitrogen and oxygen atoms in total. The minimum absolute atomic E-state index is 0.0438. The van der Waals surface area contributed by atoms with Gasteiger partial charge in [-0.3, -0.25) is 14.5 Å². The first-order valence-corrected chi connectivity index (χ1v) is 12.4. The summed E-state index contributed by atoms with van der Waals surface area (Å²) < 4.78 is 11.2. The van der Waals surface area contributed by atoms with Crippen molar-refractivity contribution >= 4 is 40.7 Å². The maximum absolute atomic E-state index is 13.3. The van der Waals surface area contributed by atoms with Crippen LogP contribution < -0.4 is 4.74 Å². The molecule has 3 aliphatic heterocycles. The van der Waals surface area contributed by atoms with Crippen LogP contribution in [-0.2, 0) is 20.7 Å². The van der Waals surface area contributed by atoms with Crippen LogP contribution in [0.4, 0.5) is 0 Å². The highest BCUT2D eigenvalue weighted by Gasteiger charge is 2.46. The number of hydrogen-bond acceptors (Lipinski definition) is 6. The number of carbonyl (C=O) groups is 2. The second kappa shape index (κ2) is 9.82. The Bertz CT molecular complexity index is 1210. The first-order chi connectivity index (χ1) is 16.8. The van der Waals surface area contributed by atoms with Crippen molar-refractivity contribution in [1.82, 2.24) is 9.80 Å². The third-order valence-electron chi connectivity index (χ3n) is 6.73. The van der Waals surface area contributed by atoms with Crippen molar-refractivity contribution in [1.29, 1.82) is 0 Å². The van der Waals surface area contributed by atoms with Crippen molar-refractivity contribution in [2.45, 2.75) is 25.5 Å². The number of ketones is 1. The Kier molecular flexibility index (Phi) is 6.77. The molecular weight excluding hydrogens is 491 g/mol. The maximum atomic E-state index is 13.3. The van der Waals surface area contributed by atoms with Gasteiger partial charge in [-0.25, -0.2) is 0 Å². The van der Waals surface area contributed by atoms with E-state index in [0.29, 0.717) is 53.9 Å². The van der Waals surface area contributed by atoms with E-state index >= 15 is 0 Å². The van der Waals surface area contributed by atoms with E-state index in [4.69, 9.17) is 32.7 Å². The van der Waals surface area contributed by atoms with E-state index in [9.17, 15) is 14.7 Å². The number of benzene rings is 2. The molecule has 9 heteroatoms. The predicted octanol–water partition coefficient (Wildman–Crippen LogP) is 4.07. The van der Waals surface area contributed by atoms with Crippen LogP contribution in [0.3, 0.4) is 0 Å². The monoisotopic (exact) mass is 516 g/mol. The van der Waals surface area contributed by atoms with E-state index in [1.165, 1.54) is 4.90 Å². The quantitative estimate of drug-likeness (QED) is 0.366. The topological polar surface area (TPSA) is 79.3 Å². The van der Waals surface area contributed by atoms with Gasteiger partial charge in [0.1, 0.15) is 17.6 Å². The highest BCUT2D eigenvalue weighted by Crippen LogP contribution is 2.41. The van der Waals surface area contributed by atoms with E-state index in [1.54, 1.807) is 30.3 Å². The van der Waals surface area contributed by atoms with Crippen LogP contribution in [0.1, 0.15) is 29.7 Å². The summed E-state index contributed by atoms with van der Waals surface area (Å²) >= 11 is 12.4. The number of aliphatic hydroxyl groups is 1. The summed E-state index contributed by atoms with van der Waals surface area (Å²) in [5.74, 6) is -0.809. The van der Waals surface area contributed by atoms with Gasteiger partial charge in [0.25, 0.3) is 11.7 Å². The van der Waals surface area contributed by atoms with E-state index in [1.807, 2.05) is 13.0 Å². The van der Waals surface area contributed by atoms with Gasteiger partial charge >= 0.3 is 0 Å². The lowest BCUT2D eigenvalue weighted by molar-refractivity contribution is -0.140. The third-order valence-corrected chi connectivity index (χ3v) is 7.47. The molecule has 35 heavy (non-hydrogen) atoms. The summed E-state index contributed by atoms with van der Waals surface area (Å²) in [4.78, 5) is 30.2. The second-order valence-electron chi connectivity index (χ2n) is 9.08. The maximum Gasteiger partial charge on any atom is 0.295 e. The first kappa shape index (κ1) is 24.1. The molecule has 2 unspecified atom stereocenters. The molecule has 0 spiro atoms. The average molecular weight is 517 g/mol. The lowest BCUT2D eigenvalue weighted by Crippen LogP contribution is -2.42. The fraction of sp³-hybridized carbons (Fsp3) is 0.385. The van der Waals surface area contributed by atoms with Crippen molar-refractivity contribution in [3.05, 3.63) is 68.7 Å². The van der Waals surface area contributed by atoms with Crippen molar-refractivity contribution in [3.8, 4) is 5.75 Å². The number of aliphatic hydroxyl groups excluding tert-OH is 1. The summed E-state index contributed by atoms with van der Waals surface area (Å²) in [6.07, 6.45) is 0.755. The zero-order chi connectivity index (χ0) is 24.7. The summed E-state index contributed by atoms with van der Waals surface area (Å²) in [5, 5.41) is 12.0. The fourth-order valence-corrected chi connectivity index (χ4v) is 5.24. The Hall–Kier alpha value is -2.58. The Morgan fingerprint density at radius 3 is 2.57 bits per heavy atom. The van der Waals surface area contributed by atoms with Gasteiger partial charge in [0.15, 0.2) is 0 Å². The summed E-state index contributed by atoms with van der Waals surface area (Å²) in [7, 11) is 0. The number of fused-ring (bicyclic) bond motifs is 1. The lowest BCUT2D eigenvalue weighted by Gasteiger charge is -2.31. The molecule has 2 fully saturated rings. The largest absolute Gasteiger partial charge is 0.507 e. The van der Waals surface area contributed by atoms with Gasteiger partial charge in [-0.2, -0.15) is 0 Å². The number of carbonyl (C=O) groups excluding carboxylic acids is 2. The van der Waals surface area contributed by atoms with Crippen molar-refractivity contribution in [3.63, 3.8) is 0 Å². The lowest BCUT2D eigenvalue weighted by atomic mass is 9.94. The summed E-state index contributed by atoms with van der Waals surface area (Å²) in [5.41, 5.74) is 2.08. The smallest absolute Gasteiger partial charge is 0.295 e. The highest BCUT2D eigenvalue weighted by atomic mass is 35.5. The van der Waals surface area contributed by atoms with Crippen LogP contribution in [0.2, 0.25) is 10.0 Å². The van der Waals surface area contributed by atoms with Gasteiger partial charge in [0.2, 0.25) is 0 Å². The zero-order valence-electron chi connectivity index (χ0n) is 19.3. The minimum Gasteiger partial charge on any atom is -0.507 e. The predicted molar refractivity (Wildman–Crippen MR) is 133 cm³/mol. The molecule has 3 heterocycles. The van der Waals surface area contributed by atoms with Gasteiger partial charge in [-0.1, -0.05) is 29.3 Å². The molecule has 2 saturated heterocycles. The molecule has 2 atom stereocenters. The molecule has 1 amide bonds. The SMILES string of the molecule is CC1Cc2cc(C(O)=C3C(=O)C(=O)N(CCN4CCOCC4)C3c3ccc(Cl)c(Cl)c3)ccc2O1. The molecule has 5 rings (SSSR count). The van der Waals surface area contributed by atoms with Crippen LogP contribution in [0.25, 0.3) is 5.76 Å². The van der Waals surface area contributed by atoms with Crippen molar-refractivity contribution in [2.24, 2.45) is 0 Å². The van der Waals surface area contributed by atoms with Gasteiger partial charge in [0, 0.05) is 38.2 Å². The average Bonchev–Trinajstić information content (AvgIpc) is 3.35. The number of likely N-dealkylation sites (tertiary alicyclic amines) is 1. The normalized spacial score (nSPS) is 24.0. The van der Waals surface area contributed by atoms with Crippen molar-refractivity contribution < 1.29 is 24.2 Å². The number of Topliss-reactive ketones (excluding diaryl/α,β-unsaturated/α-hetero) is 1. The highest BCUT2D eigenvalue weighted by molar-refractivity contribution is 6.46. The second-order valence-corrected chi connectivity index (χ2v) is 9.89. The number of amides is 1. The summed E-state index contributed by atoms with van der Waals surface area (Å²) in [6, 6.07) is 9.55. The molecule has 2 aromatic carbocycles. The first-order valence-electron chi connectivity index (χ1n) is 11.7. The minimum atomic E-state index is -0.783. The summed E-state index contributed by atoms with van der Waals surface area (Å²) in [6.45, 7) is 5.67. The van der Waals surface area contributed by atoms with Crippen LogP contribution >= 0.6 is 23.2 Å². The number of hydrogen-bond donors (Lipinski definition) is 1. The molecule has 1 N–H and O–H groups in total. The molecule has 0 aromatic heterocycles. The standard InChI is InChI=1S/C26H26Cl2N2O5/c1-15-12-18-13-17(3-5-21(18)35-15)24(31)22-23(16-2-4-19(27)20(28)14-16)30(26(33)25(22)32)7-6-29-8-10-34-11-9-29/h2-5,13-15,23,31H,6-12H2,1H3. The molecule has 3 aliphatic rings. The number of nitrogens with zero attached hydrogens (tertiary/aromatic N) is 2. The van der Waals surface area contributed by atoms with E-state index in [2.05, 4.69) is 4.90 Å². The number of ether oxygens (including phenoxy) is 2. The third kappa shape index (κ3) is 4.66. The molecule has 184 valence electrons. The van der Waals surface area contributed by atoms with Crippen LogP contribution in [-0.4, -0.2) is 72.1 Å². The number of morpholine rings is 1. The Balaban J connectivity index is 1.55. The molecule has 0 radical (unpaired) electrons. The molecule has 2 aromatic rings. The van der Waals surface area contributed by atoms with Crippen LogP contribution in [0.15, 0.2) is 42.0 Å². The molecule has 0 aliphatic carbocycles. The molecular formula is C26H26Cl2N2O5. The zero-order valence-corrected chi connectivity index (χ0v) is 20.8. The number of rotatable bonds is 5.